The van der Waals surface area contributed by atoms with Gasteiger partial charge >= 0.3 is 0 Å². The van der Waals surface area contributed by atoms with Crippen molar-refractivity contribution in [1.29, 1.82) is 0 Å². The summed E-state index contributed by atoms with van der Waals surface area (Å²) < 4.78 is 0. The van der Waals surface area contributed by atoms with Crippen LogP contribution in [0.1, 0.15) is 65.2 Å². The second-order valence-electron chi connectivity index (χ2n) is 8.43. The summed E-state index contributed by atoms with van der Waals surface area (Å²) in [5.41, 5.74) is 1.29. The Morgan fingerprint density at radius 1 is 0.944 bits per heavy atom. The van der Waals surface area contributed by atoms with Crippen molar-refractivity contribution < 1.29 is 0 Å². The van der Waals surface area contributed by atoms with E-state index in [1.807, 2.05) is 0 Å². The quantitative estimate of drug-likeness (QED) is 0.514. The standard InChI is InChI=1S/C18H28/c1-17(2)9-3-4-14-15(17)8-11-18-10-7-13(12-18)5-6-16(14)18/h7,10,13-16H,3-6,8-9,11-12H2,1-2H3/t13-,14?,15-,16-,18-/m0/s1. The first-order valence-electron chi connectivity index (χ1n) is 8.30. The average Bonchev–Trinajstić information content (AvgIpc) is 2.64. The van der Waals surface area contributed by atoms with Crippen LogP contribution in [0.5, 0.6) is 0 Å². The molecule has 0 amide bonds. The molecule has 4 rings (SSSR count). The van der Waals surface area contributed by atoms with Crippen molar-refractivity contribution in [3.63, 3.8) is 0 Å². The van der Waals surface area contributed by atoms with Gasteiger partial charge in [-0.05, 0) is 79.4 Å². The molecule has 0 saturated heterocycles. The molecule has 0 N–H and O–H groups in total. The van der Waals surface area contributed by atoms with Crippen molar-refractivity contribution in [2.75, 3.05) is 0 Å². The molecule has 0 radical (unpaired) electrons. The molecular weight excluding hydrogens is 216 g/mol. The Morgan fingerprint density at radius 2 is 1.83 bits per heavy atom. The highest BCUT2D eigenvalue weighted by molar-refractivity contribution is 5.19. The van der Waals surface area contributed by atoms with Crippen LogP contribution in [-0.2, 0) is 0 Å². The van der Waals surface area contributed by atoms with Gasteiger partial charge < -0.3 is 0 Å². The molecule has 0 aromatic rings. The van der Waals surface area contributed by atoms with Gasteiger partial charge in [0.15, 0.2) is 0 Å². The van der Waals surface area contributed by atoms with Crippen LogP contribution < -0.4 is 0 Å². The molecule has 1 spiro atoms. The number of hydrogen-bond acceptors (Lipinski definition) is 0. The maximum absolute atomic E-state index is 2.67. The fourth-order valence-electron chi connectivity index (χ4n) is 6.39. The molecule has 2 bridgehead atoms. The van der Waals surface area contributed by atoms with Gasteiger partial charge in [-0.15, -0.1) is 0 Å². The van der Waals surface area contributed by atoms with E-state index in [1.54, 1.807) is 6.42 Å². The Morgan fingerprint density at radius 3 is 2.72 bits per heavy atom. The smallest absolute Gasteiger partial charge is 0.00814 e. The molecule has 4 aliphatic rings. The predicted molar refractivity (Wildman–Crippen MR) is 76.3 cm³/mol. The highest BCUT2D eigenvalue weighted by Crippen LogP contribution is 2.64. The molecule has 0 heteroatoms. The van der Waals surface area contributed by atoms with E-state index in [0.717, 1.165) is 23.7 Å². The van der Waals surface area contributed by atoms with Crippen LogP contribution >= 0.6 is 0 Å². The number of fused-ring (bicyclic) bond motifs is 3. The zero-order chi connectivity index (χ0) is 12.4. The van der Waals surface area contributed by atoms with E-state index in [4.69, 9.17) is 0 Å². The van der Waals surface area contributed by atoms with Crippen LogP contribution in [0.4, 0.5) is 0 Å². The Bertz CT molecular complexity index is 377. The first-order chi connectivity index (χ1) is 8.61. The molecule has 0 aromatic heterocycles. The molecule has 3 fully saturated rings. The van der Waals surface area contributed by atoms with E-state index in [1.165, 1.54) is 44.9 Å². The first-order valence-corrected chi connectivity index (χ1v) is 8.30. The zero-order valence-electron chi connectivity index (χ0n) is 12.1. The summed E-state index contributed by atoms with van der Waals surface area (Å²) in [5.74, 6) is 4.10. The highest BCUT2D eigenvalue weighted by atomic mass is 14.6. The van der Waals surface area contributed by atoms with E-state index >= 15 is 0 Å². The minimum Gasteiger partial charge on any atom is -0.0848 e. The minimum atomic E-state index is 0.629. The van der Waals surface area contributed by atoms with Crippen LogP contribution in [-0.4, -0.2) is 0 Å². The predicted octanol–water partition coefficient (Wildman–Crippen LogP) is 5.20. The lowest BCUT2D eigenvalue weighted by Crippen LogP contribution is -2.49. The summed E-state index contributed by atoms with van der Waals surface area (Å²) in [5, 5.41) is 0. The molecule has 18 heavy (non-hydrogen) atoms. The highest BCUT2D eigenvalue weighted by Gasteiger charge is 2.55. The van der Waals surface area contributed by atoms with Gasteiger partial charge in [0.2, 0.25) is 0 Å². The summed E-state index contributed by atoms with van der Waals surface area (Å²) >= 11 is 0. The van der Waals surface area contributed by atoms with Crippen molar-refractivity contribution in [3.05, 3.63) is 12.2 Å². The second kappa shape index (κ2) is 3.64. The summed E-state index contributed by atoms with van der Waals surface area (Å²) in [6.45, 7) is 5.11. The van der Waals surface area contributed by atoms with E-state index in [9.17, 15) is 0 Å². The van der Waals surface area contributed by atoms with E-state index in [0.29, 0.717) is 10.8 Å². The van der Waals surface area contributed by atoms with Crippen molar-refractivity contribution in [3.8, 4) is 0 Å². The largest absolute Gasteiger partial charge is 0.0848 e. The number of rotatable bonds is 0. The van der Waals surface area contributed by atoms with Crippen LogP contribution in [0.25, 0.3) is 0 Å². The van der Waals surface area contributed by atoms with Crippen molar-refractivity contribution in [2.45, 2.75) is 65.2 Å². The lowest BCUT2D eigenvalue weighted by Gasteiger charge is -2.57. The molecule has 5 atom stereocenters. The monoisotopic (exact) mass is 244 g/mol. The molecule has 1 unspecified atom stereocenters. The first kappa shape index (κ1) is 11.6. The third kappa shape index (κ3) is 1.44. The SMILES string of the molecule is CC1(C)CCCC2[C@@H]1CC[C@]13C=C[C@H](CC[C@@H]21)C3. The summed E-state index contributed by atoms with van der Waals surface area (Å²) in [6, 6.07) is 0. The molecule has 0 aromatic carbocycles. The normalized spacial score (nSPS) is 52.8. The van der Waals surface area contributed by atoms with E-state index < -0.39 is 0 Å². The average molecular weight is 244 g/mol. The Balaban J connectivity index is 1.68. The van der Waals surface area contributed by atoms with E-state index in [-0.39, 0.29) is 0 Å². The summed E-state index contributed by atoms with van der Waals surface area (Å²) in [6.07, 6.45) is 17.3. The van der Waals surface area contributed by atoms with Gasteiger partial charge in [0, 0.05) is 0 Å². The zero-order valence-corrected chi connectivity index (χ0v) is 12.1. The van der Waals surface area contributed by atoms with Crippen LogP contribution in [0.3, 0.4) is 0 Å². The lowest BCUT2D eigenvalue weighted by molar-refractivity contribution is -0.0686. The number of hydrogen-bond donors (Lipinski definition) is 0. The van der Waals surface area contributed by atoms with Crippen molar-refractivity contribution >= 4 is 0 Å². The topological polar surface area (TPSA) is 0 Å². The van der Waals surface area contributed by atoms with Gasteiger partial charge in [0.1, 0.15) is 0 Å². The number of allylic oxidation sites excluding steroid dienone is 2. The molecule has 0 nitrogen and oxygen atoms in total. The van der Waals surface area contributed by atoms with Gasteiger partial charge in [-0.25, -0.2) is 0 Å². The van der Waals surface area contributed by atoms with Gasteiger partial charge in [-0.3, -0.25) is 0 Å². The lowest BCUT2D eigenvalue weighted by atomic mass is 9.47. The Kier molecular flexibility index (Phi) is 2.34. The fraction of sp³-hybridized carbons (Fsp3) is 0.889. The van der Waals surface area contributed by atoms with Gasteiger partial charge in [0.05, 0.1) is 0 Å². The van der Waals surface area contributed by atoms with Gasteiger partial charge in [-0.2, -0.15) is 0 Å². The maximum atomic E-state index is 2.67. The molecule has 100 valence electrons. The molecule has 0 aliphatic heterocycles. The molecular formula is C18H28. The summed E-state index contributed by atoms with van der Waals surface area (Å²) in [7, 11) is 0. The van der Waals surface area contributed by atoms with Gasteiger partial charge in [-0.1, -0.05) is 32.4 Å². The van der Waals surface area contributed by atoms with Crippen LogP contribution in [0.2, 0.25) is 0 Å². The third-order valence-electron chi connectivity index (χ3n) is 7.25. The van der Waals surface area contributed by atoms with Crippen LogP contribution in [0.15, 0.2) is 12.2 Å². The van der Waals surface area contributed by atoms with Crippen LogP contribution in [0, 0.1) is 34.5 Å². The maximum Gasteiger partial charge on any atom is -0.00814 e. The molecule has 3 saturated carbocycles. The fourth-order valence-corrected chi connectivity index (χ4v) is 6.39. The Labute approximate surface area is 112 Å². The third-order valence-corrected chi connectivity index (χ3v) is 7.25. The Hall–Kier alpha value is -0.260. The van der Waals surface area contributed by atoms with Gasteiger partial charge in [0.25, 0.3) is 0 Å². The molecule has 4 aliphatic carbocycles. The second-order valence-corrected chi connectivity index (χ2v) is 8.43. The van der Waals surface area contributed by atoms with Crippen molar-refractivity contribution in [2.24, 2.45) is 34.5 Å². The minimum absolute atomic E-state index is 0.629. The van der Waals surface area contributed by atoms with Crippen molar-refractivity contribution in [1.82, 2.24) is 0 Å². The molecule has 0 heterocycles. The van der Waals surface area contributed by atoms with E-state index in [2.05, 4.69) is 26.0 Å². The summed E-state index contributed by atoms with van der Waals surface area (Å²) in [4.78, 5) is 0.